The number of rotatable bonds is 3. The lowest BCUT2D eigenvalue weighted by Crippen LogP contribution is -2.23. The van der Waals surface area contributed by atoms with Crippen LogP contribution < -0.4 is 5.32 Å². The van der Waals surface area contributed by atoms with E-state index >= 15 is 0 Å². The SMILES string of the molecule is Ic1cc2c(s1)CCCC2NCc1cnc[nH]1. The van der Waals surface area contributed by atoms with Gasteiger partial charge in [-0.05, 0) is 53.5 Å². The number of H-pyrrole nitrogens is 1. The molecule has 0 aliphatic heterocycles. The highest BCUT2D eigenvalue weighted by Gasteiger charge is 2.22. The molecule has 1 aliphatic rings. The zero-order valence-corrected chi connectivity index (χ0v) is 12.3. The van der Waals surface area contributed by atoms with Crippen LogP contribution in [-0.4, -0.2) is 9.97 Å². The Morgan fingerprint density at radius 1 is 1.59 bits per heavy atom. The highest BCUT2D eigenvalue weighted by Crippen LogP contribution is 2.36. The van der Waals surface area contributed by atoms with Crippen molar-refractivity contribution in [2.24, 2.45) is 0 Å². The summed E-state index contributed by atoms with van der Waals surface area (Å²) in [5, 5.41) is 3.63. The van der Waals surface area contributed by atoms with E-state index in [4.69, 9.17) is 0 Å². The zero-order valence-electron chi connectivity index (χ0n) is 9.37. The van der Waals surface area contributed by atoms with Crippen molar-refractivity contribution in [1.82, 2.24) is 15.3 Å². The number of hydrogen-bond donors (Lipinski definition) is 2. The summed E-state index contributed by atoms with van der Waals surface area (Å²) in [7, 11) is 0. The van der Waals surface area contributed by atoms with E-state index in [1.54, 1.807) is 11.2 Å². The Hall–Kier alpha value is -0.400. The van der Waals surface area contributed by atoms with Gasteiger partial charge in [-0.25, -0.2) is 4.98 Å². The molecule has 0 amide bonds. The van der Waals surface area contributed by atoms with Gasteiger partial charge in [0.2, 0.25) is 0 Å². The fraction of sp³-hybridized carbons (Fsp3) is 0.417. The first-order valence-corrected chi connectivity index (χ1v) is 7.71. The van der Waals surface area contributed by atoms with Crippen LogP contribution in [0, 0.1) is 2.88 Å². The minimum Gasteiger partial charge on any atom is -0.347 e. The molecule has 0 bridgehead atoms. The molecule has 3 nitrogen and oxygen atoms in total. The van der Waals surface area contributed by atoms with Gasteiger partial charge in [0, 0.05) is 29.4 Å². The largest absolute Gasteiger partial charge is 0.347 e. The van der Waals surface area contributed by atoms with E-state index in [1.165, 1.54) is 27.7 Å². The molecule has 2 N–H and O–H groups in total. The average molecular weight is 359 g/mol. The molecule has 1 atom stereocenters. The summed E-state index contributed by atoms with van der Waals surface area (Å²) in [6.45, 7) is 0.872. The first-order chi connectivity index (χ1) is 8.33. The van der Waals surface area contributed by atoms with Crippen LogP contribution in [0.5, 0.6) is 0 Å². The quantitative estimate of drug-likeness (QED) is 0.827. The summed E-state index contributed by atoms with van der Waals surface area (Å²) in [5.41, 5.74) is 2.67. The van der Waals surface area contributed by atoms with Crippen LogP contribution >= 0.6 is 33.9 Å². The highest BCUT2D eigenvalue weighted by atomic mass is 127. The first kappa shape index (κ1) is 11.7. The van der Waals surface area contributed by atoms with Crippen molar-refractivity contribution in [3.8, 4) is 0 Å². The van der Waals surface area contributed by atoms with Gasteiger partial charge in [0.25, 0.3) is 0 Å². The molecule has 1 unspecified atom stereocenters. The molecule has 0 fully saturated rings. The number of aryl methyl sites for hydroxylation is 1. The summed E-state index contributed by atoms with van der Waals surface area (Å²) < 4.78 is 1.41. The minimum absolute atomic E-state index is 0.516. The molecule has 90 valence electrons. The summed E-state index contributed by atoms with van der Waals surface area (Å²) >= 11 is 4.37. The summed E-state index contributed by atoms with van der Waals surface area (Å²) in [4.78, 5) is 8.75. The lowest BCUT2D eigenvalue weighted by molar-refractivity contribution is 0.460. The molecule has 2 aromatic rings. The number of aromatic nitrogens is 2. The molecule has 3 rings (SSSR count). The second-order valence-electron chi connectivity index (χ2n) is 4.33. The van der Waals surface area contributed by atoms with E-state index in [2.05, 4.69) is 43.9 Å². The molecule has 0 radical (unpaired) electrons. The van der Waals surface area contributed by atoms with E-state index in [0.29, 0.717) is 6.04 Å². The standard InChI is InChI=1S/C12H14IN3S/c13-12-4-9-10(2-1-3-11(9)17-12)15-6-8-5-14-7-16-8/h4-5,7,10,15H,1-3,6H2,(H,14,16). The maximum atomic E-state index is 4.04. The van der Waals surface area contributed by atoms with E-state index in [-0.39, 0.29) is 0 Å². The number of aromatic amines is 1. The predicted molar refractivity (Wildman–Crippen MR) is 78.1 cm³/mol. The van der Waals surface area contributed by atoms with Crippen molar-refractivity contribution < 1.29 is 0 Å². The van der Waals surface area contributed by atoms with Crippen molar-refractivity contribution in [3.63, 3.8) is 0 Å². The fourth-order valence-electron chi connectivity index (χ4n) is 2.35. The monoisotopic (exact) mass is 359 g/mol. The number of halogens is 1. The Morgan fingerprint density at radius 3 is 3.35 bits per heavy atom. The molecule has 2 heterocycles. The smallest absolute Gasteiger partial charge is 0.0922 e. The van der Waals surface area contributed by atoms with Crippen molar-refractivity contribution >= 4 is 33.9 Å². The maximum Gasteiger partial charge on any atom is 0.0922 e. The Bertz CT molecular complexity index is 492. The Kier molecular flexibility index (Phi) is 3.49. The topological polar surface area (TPSA) is 40.7 Å². The van der Waals surface area contributed by atoms with E-state index in [1.807, 2.05) is 17.5 Å². The number of nitrogens with one attached hydrogen (secondary N) is 2. The lowest BCUT2D eigenvalue weighted by Gasteiger charge is -2.23. The maximum absolute atomic E-state index is 4.04. The Morgan fingerprint density at radius 2 is 2.53 bits per heavy atom. The van der Waals surface area contributed by atoms with Crippen LogP contribution in [-0.2, 0) is 13.0 Å². The molecular weight excluding hydrogens is 345 g/mol. The predicted octanol–water partition coefficient (Wildman–Crippen LogP) is 3.24. The van der Waals surface area contributed by atoms with Crippen molar-refractivity contribution in [2.75, 3.05) is 0 Å². The zero-order chi connectivity index (χ0) is 11.7. The molecular formula is C12H14IN3S. The Labute approximate surface area is 118 Å². The van der Waals surface area contributed by atoms with Gasteiger partial charge in [0.15, 0.2) is 0 Å². The minimum atomic E-state index is 0.516. The Balaban J connectivity index is 1.72. The third-order valence-electron chi connectivity index (χ3n) is 3.18. The molecule has 17 heavy (non-hydrogen) atoms. The molecule has 0 saturated carbocycles. The molecule has 0 saturated heterocycles. The summed E-state index contributed by atoms with van der Waals surface area (Å²) in [5.74, 6) is 0. The van der Waals surface area contributed by atoms with Crippen molar-refractivity contribution in [2.45, 2.75) is 31.8 Å². The molecule has 2 aromatic heterocycles. The summed E-state index contributed by atoms with van der Waals surface area (Å²) in [6.07, 6.45) is 7.41. The van der Waals surface area contributed by atoms with Gasteiger partial charge in [-0.15, -0.1) is 11.3 Å². The third kappa shape index (κ3) is 2.56. The van der Waals surface area contributed by atoms with Gasteiger partial charge in [-0.3, -0.25) is 0 Å². The van der Waals surface area contributed by atoms with Gasteiger partial charge >= 0.3 is 0 Å². The first-order valence-electron chi connectivity index (χ1n) is 5.81. The summed E-state index contributed by atoms with van der Waals surface area (Å²) in [6, 6.07) is 2.85. The van der Waals surface area contributed by atoms with E-state index < -0.39 is 0 Å². The van der Waals surface area contributed by atoms with Crippen molar-refractivity contribution in [3.05, 3.63) is 37.6 Å². The van der Waals surface area contributed by atoms with Gasteiger partial charge in [0.1, 0.15) is 0 Å². The lowest BCUT2D eigenvalue weighted by atomic mass is 9.94. The highest BCUT2D eigenvalue weighted by molar-refractivity contribution is 14.1. The molecule has 5 heteroatoms. The molecule has 1 aliphatic carbocycles. The van der Waals surface area contributed by atoms with E-state index in [9.17, 15) is 0 Å². The van der Waals surface area contributed by atoms with Crippen LogP contribution in [0.25, 0.3) is 0 Å². The van der Waals surface area contributed by atoms with Crippen LogP contribution in [0.3, 0.4) is 0 Å². The van der Waals surface area contributed by atoms with Gasteiger partial charge in [0.05, 0.1) is 9.21 Å². The molecule has 0 spiro atoms. The van der Waals surface area contributed by atoms with Gasteiger partial charge < -0.3 is 10.3 Å². The number of fused-ring (bicyclic) bond motifs is 1. The van der Waals surface area contributed by atoms with Crippen LogP contribution in [0.4, 0.5) is 0 Å². The normalized spacial score (nSPS) is 19.2. The fourth-order valence-corrected chi connectivity index (χ4v) is 4.47. The van der Waals surface area contributed by atoms with Gasteiger partial charge in [-0.1, -0.05) is 0 Å². The molecule has 0 aromatic carbocycles. The number of nitrogens with zero attached hydrogens (tertiary/aromatic N) is 1. The van der Waals surface area contributed by atoms with Crippen LogP contribution in [0.1, 0.15) is 35.0 Å². The average Bonchev–Trinajstić information content (AvgIpc) is 2.93. The number of hydrogen-bond acceptors (Lipinski definition) is 3. The van der Waals surface area contributed by atoms with E-state index in [0.717, 1.165) is 12.2 Å². The third-order valence-corrected chi connectivity index (χ3v) is 5.15. The van der Waals surface area contributed by atoms with Crippen LogP contribution in [0.2, 0.25) is 0 Å². The van der Waals surface area contributed by atoms with Crippen LogP contribution in [0.15, 0.2) is 18.6 Å². The second-order valence-corrected chi connectivity index (χ2v) is 7.36. The van der Waals surface area contributed by atoms with Gasteiger partial charge in [-0.2, -0.15) is 0 Å². The second kappa shape index (κ2) is 5.07. The van der Waals surface area contributed by atoms with Crippen molar-refractivity contribution in [1.29, 1.82) is 0 Å². The number of thiophene rings is 1. The number of imidazole rings is 1.